The number of carbonyl (C=O) groups is 1. The third kappa shape index (κ3) is 5.89. The van der Waals surface area contributed by atoms with E-state index in [0.717, 1.165) is 39.1 Å². The molecule has 1 fully saturated rings. The molecular weight excluding hydrogens is 244 g/mol. The molecule has 0 aliphatic carbocycles. The first-order valence-electron chi connectivity index (χ1n) is 7.45. The summed E-state index contributed by atoms with van der Waals surface area (Å²) in [6, 6.07) is -0.244. The van der Waals surface area contributed by atoms with Gasteiger partial charge >= 0.3 is 5.97 Å². The molecule has 5 nitrogen and oxygen atoms in total. The molecule has 2 atom stereocenters. The van der Waals surface area contributed by atoms with Crippen LogP contribution in [0.2, 0.25) is 0 Å². The van der Waals surface area contributed by atoms with Gasteiger partial charge in [-0.05, 0) is 32.9 Å². The Morgan fingerprint density at radius 3 is 2.79 bits per heavy atom. The molecule has 0 bridgehead atoms. The number of ether oxygens (including phenoxy) is 2. The molecule has 1 rings (SSSR count). The fourth-order valence-corrected chi connectivity index (χ4v) is 2.38. The minimum atomic E-state index is -0.244. The van der Waals surface area contributed by atoms with Crippen molar-refractivity contribution in [3.63, 3.8) is 0 Å². The van der Waals surface area contributed by atoms with E-state index in [0.29, 0.717) is 19.3 Å². The van der Waals surface area contributed by atoms with E-state index in [1.165, 1.54) is 0 Å². The third-order valence-electron chi connectivity index (χ3n) is 3.40. The van der Waals surface area contributed by atoms with Gasteiger partial charge in [0.05, 0.1) is 12.7 Å². The second-order valence-corrected chi connectivity index (χ2v) is 4.85. The summed E-state index contributed by atoms with van der Waals surface area (Å²) in [6.07, 6.45) is 2.60. The highest BCUT2D eigenvalue weighted by atomic mass is 16.5. The van der Waals surface area contributed by atoms with E-state index >= 15 is 0 Å². The Morgan fingerprint density at radius 1 is 1.47 bits per heavy atom. The molecular formula is C14H28N2O3. The van der Waals surface area contributed by atoms with Crippen LogP contribution in [0.1, 0.15) is 33.6 Å². The van der Waals surface area contributed by atoms with Crippen molar-refractivity contribution in [2.45, 2.75) is 45.8 Å². The first-order valence-corrected chi connectivity index (χ1v) is 7.45. The van der Waals surface area contributed by atoms with Crippen molar-refractivity contribution in [3.8, 4) is 0 Å². The van der Waals surface area contributed by atoms with Gasteiger partial charge in [-0.1, -0.05) is 13.8 Å². The van der Waals surface area contributed by atoms with Crippen LogP contribution in [0.25, 0.3) is 0 Å². The minimum absolute atomic E-state index is 0.157. The molecule has 1 aliphatic heterocycles. The van der Waals surface area contributed by atoms with Gasteiger partial charge < -0.3 is 14.8 Å². The fraction of sp³-hybridized carbons (Fsp3) is 0.929. The van der Waals surface area contributed by atoms with Crippen LogP contribution in [0.5, 0.6) is 0 Å². The Morgan fingerprint density at radius 2 is 2.26 bits per heavy atom. The van der Waals surface area contributed by atoms with Crippen LogP contribution in [0.15, 0.2) is 0 Å². The lowest BCUT2D eigenvalue weighted by Crippen LogP contribution is -2.48. The zero-order valence-corrected chi connectivity index (χ0v) is 12.5. The molecule has 0 saturated carbocycles. The summed E-state index contributed by atoms with van der Waals surface area (Å²) >= 11 is 0. The largest absolute Gasteiger partial charge is 0.465 e. The molecule has 0 aromatic carbocycles. The lowest BCUT2D eigenvalue weighted by molar-refractivity contribution is -0.146. The van der Waals surface area contributed by atoms with Crippen LogP contribution >= 0.6 is 0 Å². The molecule has 0 amide bonds. The molecule has 1 heterocycles. The monoisotopic (exact) mass is 272 g/mol. The average molecular weight is 272 g/mol. The van der Waals surface area contributed by atoms with E-state index in [4.69, 9.17) is 9.47 Å². The van der Waals surface area contributed by atoms with Crippen molar-refractivity contribution in [3.05, 3.63) is 0 Å². The maximum Gasteiger partial charge on any atom is 0.324 e. The van der Waals surface area contributed by atoms with Crippen molar-refractivity contribution in [2.75, 3.05) is 39.4 Å². The van der Waals surface area contributed by atoms with Crippen molar-refractivity contribution in [1.29, 1.82) is 0 Å². The first kappa shape index (κ1) is 16.4. The van der Waals surface area contributed by atoms with Gasteiger partial charge in [-0.2, -0.15) is 0 Å². The molecule has 1 saturated heterocycles. The number of nitrogens with zero attached hydrogens (tertiary/aromatic N) is 1. The minimum Gasteiger partial charge on any atom is -0.465 e. The van der Waals surface area contributed by atoms with Crippen molar-refractivity contribution in [2.24, 2.45) is 0 Å². The van der Waals surface area contributed by atoms with Gasteiger partial charge in [0, 0.05) is 19.7 Å². The summed E-state index contributed by atoms with van der Waals surface area (Å²) in [5, 5.41) is 3.20. The number of carbonyl (C=O) groups excluding carboxylic acids is 1. The standard InChI is InChI=1S/C14H28N2O3/c1-4-15-13(14(17)18-6-3)11-16(5-2)10-12-8-7-9-19-12/h12-13,15H,4-11H2,1-3H3. The third-order valence-corrected chi connectivity index (χ3v) is 3.40. The normalized spacial score (nSPS) is 20.7. The summed E-state index contributed by atoms with van der Waals surface area (Å²) in [6.45, 7) is 10.5. The van der Waals surface area contributed by atoms with Crippen LogP contribution in [0, 0.1) is 0 Å². The first-order chi connectivity index (χ1) is 9.21. The maximum atomic E-state index is 11.9. The van der Waals surface area contributed by atoms with Gasteiger partial charge in [0.15, 0.2) is 0 Å². The highest BCUT2D eigenvalue weighted by Gasteiger charge is 2.24. The Bertz CT molecular complexity index is 255. The Kier molecular flexibility index (Phi) is 8.02. The molecule has 19 heavy (non-hydrogen) atoms. The number of hydrogen-bond donors (Lipinski definition) is 1. The molecule has 112 valence electrons. The van der Waals surface area contributed by atoms with Gasteiger partial charge in [-0.25, -0.2) is 0 Å². The highest BCUT2D eigenvalue weighted by molar-refractivity contribution is 5.76. The van der Waals surface area contributed by atoms with Gasteiger partial charge in [0.25, 0.3) is 0 Å². The smallest absolute Gasteiger partial charge is 0.324 e. The second-order valence-electron chi connectivity index (χ2n) is 4.85. The molecule has 0 aromatic rings. The zero-order valence-electron chi connectivity index (χ0n) is 12.5. The highest BCUT2D eigenvalue weighted by Crippen LogP contribution is 2.13. The number of esters is 1. The van der Waals surface area contributed by atoms with Crippen LogP contribution in [-0.2, 0) is 14.3 Å². The molecule has 2 unspecified atom stereocenters. The predicted molar refractivity (Wildman–Crippen MR) is 75.2 cm³/mol. The molecule has 0 radical (unpaired) electrons. The summed E-state index contributed by atoms with van der Waals surface area (Å²) in [5.74, 6) is -0.157. The second kappa shape index (κ2) is 9.28. The summed E-state index contributed by atoms with van der Waals surface area (Å²) in [4.78, 5) is 14.1. The Labute approximate surface area is 116 Å². The molecule has 5 heteroatoms. The SMILES string of the molecule is CCNC(CN(CC)CC1CCCO1)C(=O)OCC. The van der Waals surface area contributed by atoms with Crippen molar-refractivity contribution < 1.29 is 14.3 Å². The van der Waals surface area contributed by atoms with Gasteiger partial charge in [0.1, 0.15) is 6.04 Å². The Hall–Kier alpha value is -0.650. The summed E-state index contributed by atoms with van der Waals surface area (Å²) in [7, 11) is 0. The quantitative estimate of drug-likeness (QED) is 0.635. The van der Waals surface area contributed by atoms with Gasteiger partial charge in [-0.15, -0.1) is 0 Å². The average Bonchev–Trinajstić information content (AvgIpc) is 2.90. The van der Waals surface area contributed by atoms with Crippen LogP contribution in [0.4, 0.5) is 0 Å². The topological polar surface area (TPSA) is 50.8 Å². The van der Waals surface area contributed by atoms with E-state index in [1.807, 2.05) is 13.8 Å². The molecule has 1 aliphatic rings. The van der Waals surface area contributed by atoms with E-state index in [9.17, 15) is 4.79 Å². The zero-order chi connectivity index (χ0) is 14.1. The van der Waals surface area contributed by atoms with E-state index in [-0.39, 0.29) is 12.0 Å². The Balaban J connectivity index is 2.45. The number of rotatable bonds is 9. The fourth-order valence-electron chi connectivity index (χ4n) is 2.38. The number of nitrogens with one attached hydrogen (secondary N) is 1. The lowest BCUT2D eigenvalue weighted by atomic mass is 10.2. The van der Waals surface area contributed by atoms with E-state index < -0.39 is 0 Å². The summed E-state index contributed by atoms with van der Waals surface area (Å²) in [5.41, 5.74) is 0. The van der Waals surface area contributed by atoms with E-state index in [2.05, 4.69) is 17.1 Å². The van der Waals surface area contributed by atoms with Crippen LogP contribution < -0.4 is 5.32 Å². The maximum absolute atomic E-state index is 11.9. The van der Waals surface area contributed by atoms with E-state index in [1.54, 1.807) is 0 Å². The molecule has 1 N–H and O–H groups in total. The molecule has 0 aromatic heterocycles. The number of likely N-dealkylation sites (N-methyl/N-ethyl adjacent to an activating group) is 2. The van der Waals surface area contributed by atoms with Crippen molar-refractivity contribution >= 4 is 5.97 Å². The summed E-state index contributed by atoms with van der Waals surface area (Å²) < 4.78 is 10.8. The van der Waals surface area contributed by atoms with Crippen LogP contribution in [0.3, 0.4) is 0 Å². The lowest BCUT2D eigenvalue weighted by Gasteiger charge is -2.27. The molecule has 0 spiro atoms. The van der Waals surface area contributed by atoms with Crippen molar-refractivity contribution in [1.82, 2.24) is 10.2 Å². The van der Waals surface area contributed by atoms with Gasteiger partial charge in [0.2, 0.25) is 0 Å². The van der Waals surface area contributed by atoms with Crippen LogP contribution in [-0.4, -0.2) is 62.4 Å². The number of hydrogen-bond acceptors (Lipinski definition) is 5. The van der Waals surface area contributed by atoms with Gasteiger partial charge in [-0.3, -0.25) is 9.69 Å². The predicted octanol–water partition coefficient (Wildman–Crippen LogP) is 1.03.